The van der Waals surface area contributed by atoms with Crippen LogP contribution < -0.4 is 9.80 Å². The summed E-state index contributed by atoms with van der Waals surface area (Å²) in [6, 6.07) is 63.9. The number of para-hydroxylation sites is 2. The molecule has 3 nitrogen and oxygen atoms in total. The normalized spacial score (nSPS) is 21.3. The number of fused-ring (bicyclic) bond motifs is 3. The zero-order valence-corrected chi connectivity index (χ0v) is 31.0. The summed E-state index contributed by atoms with van der Waals surface area (Å²) in [6.07, 6.45) is 8.52. The zero-order valence-electron chi connectivity index (χ0n) is 31.0. The highest BCUT2D eigenvalue weighted by atomic mass is 16.3. The molecular weight excluding hydrogens is 669 g/mol. The Morgan fingerprint density at radius 2 is 0.855 bits per heavy atom. The first kappa shape index (κ1) is 32.4. The van der Waals surface area contributed by atoms with Gasteiger partial charge in [-0.1, -0.05) is 97.1 Å². The molecule has 0 saturated heterocycles. The van der Waals surface area contributed by atoms with E-state index >= 15 is 0 Å². The Kier molecular flexibility index (Phi) is 7.69. The molecule has 268 valence electrons. The lowest BCUT2D eigenvalue weighted by atomic mass is 9.48. The molecular formula is C52H44N2O. The average molecular weight is 713 g/mol. The van der Waals surface area contributed by atoms with Crippen molar-refractivity contribution in [2.24, 2.45) is 17.8 Å². The molecule has 0 spiro atoms. The number of rotatable bonds is 8. The van der Waals surface area contributed by atoms with Crippen molar-refractivity contribution in [3.8, 4) is 11.1 Å². The largest absolute Gasteiger partial charge is 0.456 e. The molecule has 4 aliphatic rings. The second-order valence-corrected chi connectivity index (χ2v) is 16.5. The third kappa shape index (κ3) is 5.72. The highest BCUT2D eigenvalue weighted by Crippen LogP contribution is 2.61. The van der Waals surface area contributed by atoms with Crippen LogP contribution in [0.2, 0.25) is 0 Å². The van der Waals surface area contributed by atoms with Crippen molar-refractivity contribution in [1.82, 2.24) is 0 Å². The van der Waals surface area contributed by atoms with Crippen molar-refractivity contribution >= 4 is 56.1 Å². The Morgan fingerprint density at radius 3 is 1.53 bits per heavy atom. The third-order valence-corrected chi connectivity index (χ3v) is 13.0. The van der Waals surface area contributed by atoms with Gasteiger partial charge in [0.2, 0.25) is 0 Å². The molecule has 1 heterocycles. The van der Waals surface area contributed by atoms with Crippen molar-refractivity contribution in [3.05, 3.63) is 181 Å². The van der Waals surface area contributed by atoms with Gasteiger partial charge in [-0.15, -0.1) is 0 Å². The summed E-state index contributed by atoms with van der Waals surface area (Å²) in [5.74, 6) is 2.77. The second-order valence-electron chi connectivity index (χ2n) is 16.5. The Labute approximate surface area is 323 Å². The molecule has 4 fully saturated rings. The first-order valence-electron chi connectivity index (χ1n) is 20.1. The lowest BCUT2D eigenvalue weighted by Crippen LogP contribution is -2.48. The predicted molar refractivity (Wildman–Crippen MR) is 228 cm³/mol. The molecule has 4 saturated carbocycles. The van der Waals surface area contributed by atoms with E-state index < -0.39 is 0 Å². The van der Waals surface area contributed by atoms with Gasteiger partial charge < -0.3 is 14.2 Å². The average Bonchev–Trinajstić information content (AvgIpc) is 3.60. The zero-order chi connectivity index (χ0) is 36.3. The lowest BCUT2D eigenvalue weighted by Gasteiger charge is -2.57. The van der Waals surface area contributed by atoms with Gasteiger partial charge in [0.1, 0.15) is 11.2 Å². The molecule has 55 heavy (non-hydrogen) atoms. The molecule has 1 aromatic heterocycles. The molecule has 0 aliphatic heterocycles. The van der Waals surface area contributed by atoms with E-state index in [0.717, 1.165) is 68.1 Å². The van der Waals surface area contributed by atoms with E-state index in [2.05, 4.69) is 174 Å². The quantitative estimate of drug-likeness (QED) is 0.156. The van der Waals surface area contributed by atoms with Crippen LogP contribution in [0.4, 0.5) is 34.1 Å². The minimum Gasteiger partial charge on any atom is -0.456 e. The van der Waals surface area contributed by atoms with Crippen LogP contribution in [-0.2, 0) is 5.41 Å². The van der Waals surface area contributed by atoms with E-state index in [0.29, 0.717) is 5.41 Å². The topological polar surface area (TPSA) is 19.6 Å². The number of benzene rings is 7. The van der Waals surface area contributed by atoms with Gasteiger partial charge in [0.05, 0.1) is 0 Å². The van der Waals surface area contributed by atoms with Crippen molar-refractivity contribution in [2.45, 2.75) is 43.9 Å². The Hall–Kier alpha value is -6.06. The van der Waals surface area contributed by atoms with Crippen LogP contribution >= 0.6 is 0 Å². The predicted octanol–water partition coefficient (Wildman–Crippen LogP) is 14.7. The molecule has 0 unspecified atom stereocenters. The molecule has 3 heteroatoms. The van der Waals surface area contributed by atoms with Crippen molar-refractivity contribution in [2.75, 3.05) is 9.80 Å². The van der Waals surface area contributed by atoms with Crippen LogP contribution in [0.3, 0.4) is 0 Å². The van der Waals surface area contributed by atoms with Gasteiger partial charge >= 0.3 is 0 Å². The fourth-order valence-electron chi connectivity index (χ4n) is 11.0. The van der Waals surface area contributed by atoms with Gasteiger partial charge in [0.15, 0.2) is 0 Å². The van der Waals surface area contributed by atoms with E-state index in [4.69, 9.17) is 4.42 Å². The molecule has 0 amide bonds. The van der Waals surface area contributed by atoms with Gasteiger partial charge in [-0.2, -0.15) is 0 Å². The maximum atomic E-state index is 6.39. The molecule has 0 radical (unpaired) electrons. The van der Waals surface area contributed by atoms with E-state index in [1.54, 1.807) is 5.56 Å². The monoisotopic (exact) mass is 712 g/mol. The van der Waals surface area contributed by atoms with E-state index in [-0.39, 0.29) is 0 Å². The van der Waals surface area contributed by atoms with E-state index in [9.17, 15) is 0 Å². The van der Waals surface area contributed by atoms with Crippen LogP contribution in [-0.4, -0.2) is 0 Å². The van der Waals surface area contributed by atoms with Gasteiger partial charge in [-0.25, -0.2) is 0 Å². The number of anilines is 6. The summed E-state index contributed by atoms with van der Waals surface area (Å²) in [6.45, 7) is 0. The summed E-state index contributed by atoms with van der Waals surface area (Å²) >= 11 is 0. The first-order valence-corrected chi connectivity index (χ1v) is 20.1. The summed E-state index contributed by atoms with van der Waals surface area (Å²) in [5.41, 5.74) is 12.8. The Morgan fingerprint density at radius 1 is 0.382 bits per heavy atom. The van der Waals surface area contributed by atoms with E-state index in [1.807, 2.05) is 12.1 Å². The second kappa shape index (κ2) is 13.1. The van der Waals surface area contributed by atoms with Crippen LogP contribution in [0.25, 0.3) is 33.1 Å². The fraction of sp³-hybridized carbons (Fsp3) is 0.192. The van der Waals surface area contributed by atoms with Crippen molar-refractivity contribution < 1.29 is 4.42 Å². The first-order chi connectivity index (χ1) is 27.2. The van der Waals surface area contributed by atoms with Crippen LogP contribution in [0.15, 0.2) is 180 Å². The molecule has 4 aliphatic carbocycles. The summed E-state index contributed by atoms with van der Waals surface area (Å²) in [4.78, 5) is 4.76. The van der Waals surface area contributed by atoms with Crippen molar-refractivity contribution in [3.63, 3.8) is 0 Å². The smallest absolute Gasteiger partial charge is 0.137 e. The van der Waals surface area contributed by atoms with Gasteiger partial charge in [0.25, 0.3) is 0 Å². The standard InChI is InChI=1S/C52H44N2O/c1-3-10-39(11-4-1)40-18-22-43(23-19-40)53(44-24-20-41(21-25-44)52-33-36-28-37(34-52)30-38(29-36)35-52)45-14-9-15-46(31-45)54(42-12-5-2-6-13-42)47-26-27-49-48-16-7-8-17-50(48)55-51(49)32-47/h1-27,31-32,36-38H,28-30,33-35H2. The maximum Gasteiger partial charge on any atom is 0.137 e. The Balaban J connectivity index is 1.01. The van der Waals surface area contributed by atoms with Gasteiger partial charge in [0, 0.05) is 51.0 Å². The van der Waals surface area contributed by atoms with E-state index in [1.165, 1.54) is 55.3 Å². The minimum absolute atomic E-state index is 0.368. The maximum absolute atomic E-state index is 6.39. The molecule has 12 rings (SSSR count). The highest BCUT2D eigenvalue weighted by Gasteiger charge is 2.51. The number of hydrogen-bond donors (Lipinski definition) is 0. The lowest BCUT2D eigenvalue weighted by molar-refractivity contribution is -0.00518. The fourth-order valence-corrected chi connectivity index (χ4v) is 11.0. The molecule has 0 N–H and O–H groups in total. The number of hydrogen-bond acceptors (Lipinski definition) is 3. The summed E-state index contributed by atoms with van der Waals surface area (Å²) in [5, 5.41) is 2.27. The summed E-state index contributed by atoms with van der Waals surface area (Å²) < 4.78 is 6.39. The SMILES string of the molecule is c1ccc(-c2ccc(N(c3ccc(C45CC6CC(CC(C6)C4)C5)cc3)c3cccc(N(c4ccccc4)c4ccc5c(c4)oc4ccccc45)c3)cc2)cc1. The van der Waals surface area contributed by atoms with Crippen LogP contribution in [0, 0.1) is 17.8 Å². The number of nitrogens with zero attached hydrogens (tertiary/aromatic N) is 2. The highest BCUT2D eigenvalue weighted by molar-refractivity contribution is 6.06. The van der Waals surface area contributed by atoms with Crippen LogP contribution in [0.1, 0.15) is 44.1 Å². The Bertz CT molecular complexity index is 2590. The molecule has 7 aromatic carbocycles. The van der Waals surface area contributed by atoms with Crippen LogP contribution in [0.5, 0.6) is 0 Å². The number of furan rings is 1. The molecule has 0 atom stereocenters. The minimum atomic E-state index is 0.368. The molecule has 4 bridgehead atoms. The summed E-state index contributed by atoms with van der Waals surface area (Å²) in [7, 11) is 0. The van der Waals surface area contributed by atoms with Gasteiger partial charge in [-0.05, 0) is 151 Å². The molecule has 8 aromatic rings. The van der Waals surface area contributed by atoms with Gasteiger partial charge in [-0.3, -0.25) is 0 Å². The third-order valence-electron chi connectivity index (χ3n) is 13.0. The van der Waals surface area contributed by atoms with Crippen molar-refractivity contribution in [1.29, 1.82) is 0 Å².